The van der Waals surface area contributed by atoms with Crippen LogP contribution in [0.1, 0.15) is 44.2 Å². The smallest absolute Gasteiger partial charge is 0.234 e. The van der Waals surface area contributed by atoms with Crippen LogP contribution in [0.4, 0.5) is 0 Å². The van der Waals surface area contributed by atoms with Gasteiger partial charge in [-0.25, -0.2) is 0 Å². The van der Waals surface area contributed by atoms with E-state index in [1.807, 2.05) is 51.1 Å². The largest absolute Gasteiger partial charge is 0.366 e. The van der Waals surface area contributed by atoms with E-state index in [1.165, 1.54) is 0 Å². The Morgan fingerprint density at radius 3 is 2.62 bits per heavy atom. The molecule has 0 fully saturated rings. The Morgan fingerprint density at radius 2 is 2.00 bits per heavy atom. The van der Waals surface area contributed by atoms with Crippen molar-refractivity contribution < 1.29 is 14.1 Å². The van der Waals surface area contributed by atoms with Gasteiger partial charge in [0.15, 0.2) is 0 Å². The highest BCUT2D eigenvalue weighted by atomic mass is 16.5. The Hall–Kier alpha value is -2.01. The molecular formula is C16H20N2O3. The lowest BCUT2D eigenvalue weighted by Crippen LogP contribution is -2.11. The van der Waals surface area contributed by atoms with E-state index in [0.29, 0.717) is 18.3 Å². The molecule has 0 radical (unpaired) electrons. The number of carbonyl (C=O) groups is 1. The van der Waals surface area contributed by atoms with E-state index in [4.69, 9.17) is 9.26 Å². The van der Waals surface area contributed by atoms with Crippen LogP contribution in [0.25, 0.3) is 0 Å². The molecule has 112 valence electrons. The summed E-state index contributed by atoms with van der Waals surface area (Å²) >= 11 is 0. The number of benzene rings is 1. The number of carbonyl (C=O) groups excluding carboxylic acids is 1. The number of rotatable bonds is 7. The number of nitrogens with zero attached hydrogens (tertiary/aromatic N) is 2. The molecular weight excluding hydrogens is 268 g/mol. The number of hydrogen-bond acceptors (Lipinski definition) is 5. The standard InChI is InChI=1S/C16H20N2O3/c1-4-20-15(12-8-6-5-7-9-12)16-17-14(21-18-16)10-13(19)11(2)3/h5-9,11,15H,4,10H2,1-3H3. The number of ether oxygens (including phenoxy) is 1. The van der Waals surface area contributed by atoms with Crippen LogP contribution in [0.2, 0.25) is 0 Å². The van der Waals surface area contributed by atoms with Gasteiger partial charge >= 0.3 is 0 Å². The molecule has 0 N–H and O–H groups in total. The molecule has 0 amide bonds. The minimum absolute atomic E-state index is 0.0443. The molecule has 1 heterocycles. The molecule has 0 spiro atoms. The summed E-state index contributed by atoms with van der Waals surface area (Å²) in [7, 11) is 0. The quantitative estimate of drug-likeness (QED) is 0.783. The van der Waals surface area contributed by atoms with Crippen molar-refractivity contribution in [1.82, 2.24) is 10.1 Å². The molecule has 0 aliphatic rings. The van der Waals surface area contributed by atoms with Gasteiger partial charge in [-0.05, 0) is 12.5 Å². The lowest BCUT2D eigenvalue weighted by molar-refractivity contribution is -0.121. The van der Waals surface area contributed by atoms with E-state index in [2.05, 4.69) is 10.1 Å². The van der Waals surface area contributed by atoms with Gasteiger partial charge in [0.2, 0.25) is 11.7 Å². The molecule has 0 bridgehead atoms. The lowest BCUT2D eigenvalue weighted by Gasteiger charge is -2.13. The van der Waals surface area contributed by atoms with Gasteiger partial charge in [-0.1, -0.05) is 49.3 Å². The van der Waals surface area contributed by atoms with Crippen LogP contribution < -0.4 is 0 Å². The SMILES string of the molecule is CCOC(c1ccccc1)c1noc(CC(=O)C(C)C)n1. The fourth-order valence-electron chi connectivity index (χ4n) is 1.91. The van der Waals surface area contributed by atoms with Crippen molar-refractivity contribution in [2.24, 2.45) is 5.92 Å². The third-order valence-corrected chi connectivity index (χ3v) is 3.12. The van der Waals surface area contributed by atoms with Gasteiger partial charge in [-0.3, -0.25) is 4.79 Å². The van der Waals surface area contributed by atoms with Crippen molar-refractivity contribution in [3.8, 4) is 0 Å². The highest BCUT2D eigenvalue weighted by molar-refractivity contribution is 5.81. The van der Waals surface area contributed by atoms with Crippen molar-refractivity contribution >= 4 is 5.78 Å². The maximum atomic E-state index is 11.7. The number of hydrogen-bond donors (Lipinski definition) is 0. The predicted molar refractivity (Wildman–Crippen MR) is 77.8 cm³/mol. The Morgan fingerprint density at radius 1 is 1.29 bits per heavy atom. The van der Waals surface area contributed by atoms with E-state index in [0.717, 1.165) is 5.56 Å². The molecule has 0 saturated carbocycles. The van der Waals surface area contributed by atoms with E-state index < -0.39 is 0 Å². The molecule has 1 aromatic heterocycles. The average Bonchev–Trinajstić information content (AvgIpc) is 2.93. The van der Waals surface area contributed by atoms with Crippen LogP contribution >= 0.6 is 0 Å². The monoisotopic (exact) mass is 288 g/mol. The minimum Gasteiger partial charge on any atom is -0.366 e. The molecule has 1 unspecified atom stereocenters. The molecule has 5 nitrogen and oxygen atoms in total. The van der Waals surface area contributed by atoms with Crippen LogP contribution in [0, 0.1) is 5.92 Å². The van der Waals surface area contributed by atoms with Crippen LogP contribution in [0.3, 0.4) is 0 Å². The second-order valence-corrected chi connectivity index (χ2v) is 5.09. The highest BCUT2D eigenvalue weighted by Crippen LogP contribution is 2.23. The minimum atomic E-state index is -0.372. The van der Waals surface area contributed by atoms with Crippen molar-refractivity contribution in [3.05, 3.63) is 47.6 Å². The maximum absolute atomic E-state index is 11.7. The first-order valence-electron chi connectivity index (χ1n) is 7.13. The number of Topliss-reactive ketones (excluding diaryl/α,β-unsaturated/α-hetero) is 1. The molecule has 1 atom stereocenters. The van der Waals surface area contributed by atoms with Crippen LogP contribution in [0.5, 0.6) is 0 Å². The molecule has 2 aromatic rings. The predicted octanol–water partition coefficient (Wildman–Crippen LogP) is 2.96. The molecule has 1 aromatic carbocycles. The summed E-state index contributed by atoms with van der Waals surface area (Å²) in [5.41, 5.74) is 0.960. The highest BCUT2D eigenvalue weighted by Gasteiger charge is 2.22. The van der Waals surface area contributed by atoms with E-state index in [9.17, 15) is 4.79 Å². The van der Waals surface area contributed by atoms with Crippen LogP contribution in [-0.4, -0.2) is 22.5 Å². The van der Waals surface area contributed by atoms with E-state index >= 15 is 0 Å². The first-order chi connectivity index (χ1) is 10.1. The average molecular weight is 288 g/mol. The van der Waals surface area contributed by atoms with Crippen molar-refractivity contribution in [2.45, 2.75) is 33.3 Å². The lowest BCUT2D eigenvalue weighted by atomic mass is 10.1. The summed E-state index contributed by atoms with van der Waals surface area (Å²) in [6, 6.07) is 9.72. The maximum Gasteiger partial charge on any atom is 0.234 e. The number of aromatic nitrogens is 2. The molecule has 2 rings (SSSR count). The molecule has 5 heteroatoms. The van der Waals surface area contributed by atoms with E-state index in [-0.39, 0.29) is 24.2 Å². The normalized spacial score (nSPS) is 12.6. The molecule has 0 saturated heterocycles. The summed E-state index contributed by atoms with van der Waals surface area (Å²) in [4.78, 5) is 16.0. The van der Waals surface area contributed by atoms with Gasteiger partial charge in [0, 0.05) is 12.5 Å². The Balaban J connectivity index is 2.19. The Labute approximate surface area is 124 Å². The zero-order valence-electron chi connectivity index (χ0n) is 12.6. The fourth-order valence-corrected chi connectivity index (χ4v) is 1.91. The fraction of sp³-hybridized carbons (Fsp3) is 0.438. The van der Waals surface area contributed by atoms with Gasteiger partial charge < -0.3 is 9.26 Å². The molecule has 0 aliphatic carbocycles. The van der Waals surface area contributed by atoms with Crippen LogP contribution in [0.15, 0.2) is 34.9 Å². The van der Waals surface area contributed by atoms with Crippen molar-refractivity contribution in [1.29, 1.82) is 0 Å². The topological polar surface area (TPSA) is 65.2 Å². The summed E-state index contributed by atoms with van der Waals surface area (Å²) in [5.74, 6) is 0.828. The van der Waals surface area contributed by atoms with Gasteiger partial charge in [0.25, 0.3) is 0 Å². The van der Waals surface area contributed by atoms with Gasteiger partial charge in [0.05, 0.1) is 6.42 Å². The Bertz CT molecular complexity index is 578. The summed E-state index contributed by atoms with van der Waals surface area (Å²) < 4.78 is 10.9. The van der Waals surface area contributed by atoms with Crippen LogP contribution in [-0.2, 0) is 16.0 Å². The summed E-state index contributed by atoms with van der Waals surface area (Å²) in [6.07, 6.45) is -0.207. The first-order valence-corrected chi connectivity index (χ1v) is 7.13. The second kappa shape index (κ2) is 7.13. The summed E-state index contributed by atoms with van der Waals surface area (Å²) in [5, 5.41) is 3.96. The van der Waals surface area contributed by atoms with Gasteiger partial charge in [-0.2, -0.15) is 4.98 Å². The second-order valence-electron chi connectivity index (χ2n) is 5.09. The third-order valence-electron chi connectivity index (χ3n) is 3.12. The summed E-state index contributed by atoms with van der Waals surface area (Å²) in [6.45, 7) is 6.16. The van der Waals surface area contributed by atoms with E-state index in [1.54, 1.807) is 0 Å². The third kappa shape index (κ3) is 3.98. The molecule has 21 heavy (non-hydrogen) atoms. The zero-order valence-corrected chi connectivity index (χ0v) is 12.6. The Kier molecular flexibility index (Phi) is 5.22. The molecule has 0 aliphatic heterocycles. The van der Waals surface area contributed by atoms with Crippen molar-refractivity contribution in [2.75, 3.05) is 6.61 Å². The number of ketones is 1. The van der Waals surface area contributed by atoms with Gasteiger partial charge in [0.1, 0.15) is 11.9 Å². The van der Waals surface area contributed by atoms with Gasteiger partial charge in [-0.15, -0.1) is 0 Å². The van der Waals surface area contributed by atoms with Crippen molar-refractivity contribution in [3.63, 3.8) is 0 Å². The zero-order chi connectivity index (χ0) is 15.2. The first kappa shape index (κ1) is 15.4.